The van der Waals surface area contributed by atoms with Crippen molar-refractivity contribution in [2.75, 3.05) is 25.6 Å². The minimum Gasteiger partial charge on any atom is -0.465 e. The summed E-state index contributed by atoms with van der Waals surface area (Å²) in [5, 5.41) is 26.1. The second-order valence-corrected chi connectivity index (χ2v) is 11.8. The van der Waals surface area contributed by atoms with E-state index in [1.165, 1.54) is 36.6 Å². The van der Waals surface area contributed by atoms with E-state index in [1.807, 2.05) is 4.90 Å². The number of aliphatic imine (C=N–C) groups is 1. The number of aliphatic hydroxyl groups excluding tert-OH is 1. The molecule has 13 heteroatoms. The molecular weight excluding hydrogens is 614 g/mol. The van der Waals surface area contributed by atoms with Gasteiger partial charge in [0.05, 0.1) is 47.8 Å². The third-order valence-electron chi connectivity index (χ3n) is 8.23. The number of fused-ring (bicyclic) bond motifs is 2. The monoisotopic (exact) mass is 642 g/mol. The molecule has 0 aromatic heterocycles. The first-order valence-electron chi connectivity index (χ1n) is 13.8. The standard InChI is InChI=1S/C31H29Cl2FN4O6/c1-17(32)4-3-5-23(34)27-28(35-14-20-9-8-19(29(40)44-2)12-25(20)38(42)43)26(16-39)37(15-18-6-7-18)31(27)22-11-10-21(33)13-24(22)36-30(31)41/h3-5,8-14,18,26-28,39H,1,6-7,15-16H2,2H3,(H,36,41)/b4-3-,23-5-,35-14+/t26-,27-,28+,31+/m0/s1. The number of hydrogen-bond acceptors (Lipinski definition) is 8. The van der Waals surface area contributed by atoms with E-state index in [0.717, 1.165) is 26.0 Å². The molecule has 2 aromatic rings. The van der Waals surface area contributed by atoms with Gasteiger partial charge in [-0.25, -0.2) is 9.18 Å². The first kappa shape index (κ1) is 31.5. The molecule has 3 aliphatic rings. The zero-order chi connectivity index (χ0) is 31.8. The maximum absolute atomic E-state index is 16.6. The fourth-order valence-electron chi connectivity index (χ4n) is 6.16. The highest BCUT2D eigenvalue weighted by molar-refractivity contribution is 6.31. The second-order valence-electron chi connectivity index (χ2n) is 10.9. The van der Waals surface area contributed by atoms with Gasteiger partial charge in [0.15, 0.2) is 0 Å². The van der Waals surface area contributed by atoms with Gasteiger partial charge in [0.1, 0.15) is 11.4 Å². The maximum atomic E-state index is 16.6. The Kier molecular flexibility index (Phi) is 9.03. The number of anilines is 1. The summed E-state index contributed by atoms with van der Waals surface area (Å²) in [4.78, 5) is 43.8. The fourth-order valence-corrected chi connectivity index (χ4v) is 6.41. The highest BCUT2D eigenvalue weighted by Gasteiger charge is 2.68. The summed E-state index contributed by atoms with van der Waals surface area (Å²) >= 11 is 12.1. The molecule has 2 aliphatic heterocycles. The van der Waals surface area contributed by atoms with Gasteiger partial charge in [0.2, 0.25) is 5.91 Å². The summed E-state index contributed by atoms with van der Waals surface area (Å²) in [7, 11) is 1.16. The predicted octanol–water partition coefficient (Wildman–Crippen LogP) is 5.53. The molecule has 1 saturated carbocycles. The van der Waals surface area contributed by atoms with Crippen LogP contribution in [0.5, 0.6) is 0 Å². The number of rotatable bonds is 10. The predicted molar refractivity (Wildman–Crippen MR) is 165 cm³/mol. The highest BCUT2D eigenvalue weighted by atomic mass is 35.5. The van der Waals surface area contributed by atoms with Crippen LogP contribution < -0.4 is 5.32 Å². The molecule has 0 radical (unpaired) electrons. The lowest BCUT2D eigenvalue weighted by Gasteiger charge is -2.38. The third-order valence-corrected chi connectivity index (χ3v) is 8.59. The third kappa shape index (κ3) is 5.68. The summed E-state index contributed by atoms with van der Waals surface area (Å²) in [6.45, 7) is 3.48. The van der Waals surface area contributed by atoms with Crippen molar-refractivity contribution in [1.29, 1.82) is 0 Å². The lowest BCUT2D eigenvalue weighted by atomic mass is 9.76. The summed E-state index contributed by atoms with van der Waals surface area (Å²) in [5.41, 5.74) is -1.13. The number of esters is 1. The van der Waals surface area contributed by atoms with Crippen LogP contribution in [0.1, 0.15) is 34.3 Å². The zero-order valence-corrected chi connectivity index (χ0v) is 25.1. The van der Waals surface area contributed by atoms with Crippen LogP contribution in [0, 0.1) is 22.0 Å². The Morgan fingerprint density at radius 3 is 2.73 bits per heavy atom. The number of nitrogens with one attached hydrogen (secondary N) is 1. The first-order valence-corrected chi connectivity index (χ1v) is 14.6. The molecule has 230 valence electrons. The highest BCUT2D eigenvalue weighted by Crippen LogP contribution is 2.57. The molecule has 2 N–H and O–H groups in total. The Morgan fingerprint density at radius 2 is 2.09 bits per heavy atom. The molecule has 5 rings (SSSR count). The molecule has 44 heavy (non-hydrogen) atoms. The SMILES string of the molecule is C=C(Cl)/C=C\C=C(/F)[C@H]1[C@H](/N=C/c2ccc(C(=O)OC)cc2[N+](=O)[O-])[C@H](CO)N(CC2CC2)[C@@]12C(=O)Nc1cc(Cl)ccc12. The fraction of sp³-hybridized carbons (Fsp3) is 0.323. The molecule has 1 amide bonds. The molecule has 1 spiro atoms. The normalized spacial score (nSPS) is 25.2. The topological polar surface area (TPSA) is 134 Å². The molecule has 2 fully saturated rings. The van der Waals surface area contributed by atoms with E-state index in [2.05, 4.69) is 21.6 Å². The molecule has 2 aromatic carbocycles. The molecular formula is C31H29Cl2FN4O6. The molecule has 10 nitrogen and oxygen atoms in total. The van der Waals surface area contributed by atoms with Crippen LogP contribution in [-0.4, -0.2) is 65.4 Å². The van der Waals surface area contributed by atoms with Crippen molar-refractivity contribution in [3.05, 3.63) is 104 Å². The van der Waals surface area contributed by atoms with E-state index in [-0.39, 0.29) is 22.1 Å². The van der Waals surface area contributed by atoms with Gasteiger partial charge in [-0.3, -0.25) is 24.8 Å². The van der Waals surface area contributed by atoms with E-state index in [4.69, 9.17) is 23.2 Å². The van der Waals surface area contributed by atoms with Gasteiger partial charge in [0.25, 0.3) is 5.69 Å². The van der Waals surface area contributed by atoms with Gasteiger partial charge in [-0.05, 0) is 55.2 Å². The maximum Gasteiger partial charge on any atom is 0.338 e. The molecule has 0 unspecified atom stereocenters. The summed E-state index contributed by atoms with van der Waals surface area (Å²) in [5.74, 6) is -3.01. The Hall–Kier alpha value is -3.90. The van der Waals surface area contributed by atoms with E-state index in [1.54, 1.807) is 18.2 Å². The average Bonchev–Trinajstić information content (AvgIpc) is 3.70. The van der Waals surface area contributed by atoms with Crippen molar-refractivity contribution in [2.45, 2.75) is 30.5 Å². The van der Waals surface area contributed by atoms with Crippen molar-refractivity contribution < 1.29 is 28.7 Å². The van der Waals surface area contributed by atoms with Crippen LogP contribution in [0.15, 0.2) is 77.1 Å². The van der Waals surface area contributed by atoms with Crippen LogP contribution >= 0.6 is 23.2 Å². The van der Waals surface area contributed by atoms with Crippen LogP contribution in [0.25, 0.3) is 0 Å². The zero-order valence-electron chi connectivity index (χ0n) is 23.6. The van der Waals surface area contributed by atoms with Crippen LogP contribution in [-0.2, 0) is 15.1 Å². The molecule has 4 atom stereocenters. The Balaban J connectivity index is 1.70. The van der Waals surface area contributed by atoms with Crippen molar-refractivity contribution in [3.63, 3.8) is 0 Å². The van der Waals surface area contributed by atoms with Crippen molar-refractivity contribution in [3.8, 4) is 0 Å². The minimum atomic E-state index is -1.62. The second kappa shape index (κ2) is 12.6. The van der Waals surface area contributed by atoms with Crippen molar-refractivity contribution >= 4 is 52.7 Å². The largest absolute Gasteiger partial charge is 0.465 e. The molecule has 1 aliphatic carbocycles. The minimum absolute atomic E-state index is 0.0302. The number of aliphatic hydroxyl groups is 1. The quantitative estimate of drug-likeness (QED) is 0.114. The number of carbonyl (C=O) groups is 2. The number of allylic oxidation sites excluding steroid dienone is 4. The van der Waals surface area contributed by atoms with Gasteiger partial charge >= 0.3 is 5.97 Å². The number of ether oxygens (including phenoxy) is 1. The number of likely N-dealkylation sites (tertiary alicyclic amines) is 1. The number of halogens is 3. The number of benzene rings is 2. The Morgan fingerprint density at radius 1 is 1.34 bits per heavy atom. The number of nitro groups is 1. The van der Waals surface area contributed by atoms with Gasteiger partial charge in [-0.2, -0.15) is 0 Å². The number of carbonyl (C=O) groups excluding carboxylic acids is 2. The van der Waals surface area contributed by atoms with E-state index >= 15 is 4.39 Å². The lowest BCUT2D eigenvalue weighted by molar-refractivity contribution is -0.385. The Bertz CT molecular complexity index is 1620. The van der Waals surface area contributed by atoms with Gasteiger partial charge in [0, 0.05) is 40.1 Å². The van der Waals surface area contributed by atoms with Crippen molar-refractivity contribution in [1.82, 2.24) is 4.90 Å². The molecule has 0 bridgehead atoms. The van der Waals surface area contributed by atoms with Gasteiger partial charge in [-0.15, -0.1) is 0 Å². The summed E-state index contributed by atoms with van der Waals surface area (Å²) in [6, 6.07) is 6.71. The van der Waals surface area contributed by atoms with E-state index < -0.39 is 58.5 Å². The van der Waals surface area contributed by atoms with Crippen LogP contribution in [0.2, 0.25) is 5.02 Å². The Labute approximate surface area is 262 Å². The number of nitro benzene ring substituents is 1. The molecule has 1 saturated heterocycles. The summed E-state index contributed by atoms with van der Waals surface area (Å²) < 4.78 is 21.3. The van der Waals surface area contributed by atoms with Crippen molar-refractivity contribution in [2.24, 2.45) is 16.8 Å². The number of methoxy groups -OCH3 is 1. The van der Waals surface area contributed by atoms with E-state index in [0.29, 0.717) is 22.8 Å². The number of nitrogens with zero attached hydrogens (tertiary/aromatic N) is 3. The van der Waals surface area contributed by atoms with Crippen LogP contribution in [0.3, 0.4) is 0 Å². The number of amides is 1. The van der Waals surface area contributed by atoms with Gasteiger partial charge < -0.3 is 15.2 Å². The van der Waals surface area contributed by atoms with E-state index in [9.17, 15) is 24.8 Å². The average molecular weight is 643 g/mol. The first-order chi connectivity index (χ1) is 21.0. The molecule has 2 heterocycles. The smallest absolute Gasteiger partial charge is 0.338 e. The summed E-state index contributed by atoms with van der Waals surface area (Å²) in [6.07, 6.45) is 6.97. The van der Waals surface area contributed by atoms with Crippen LogP contribution in [0.4, 0.5) is 15.8 Å². The number of hydrogen-bond donors (Lipinski definition) is 2. The lowest BCUT2D eigenvalue weighted by Crippen LogP contribution is -2.54. The van der Waals surface area contributed by atoms with Gasteiger partial charge in [-0.1, -0.05) is 41.9 Å².